The summed E-state index contributed by atoms with van der Waals surface area (Å²) < 4.78 is 2.34. The molecule has 314 valence electrons. The summed E-state index contributed by atoms with van der Waals surface area (Å²) in [7, 11) is 0. The molecule has 7 heteroatoms. The first-order valence-electron chi connectivity index (χ1n) is 22.3. The lowest BCUT2D eigenvalue weighted by Crippen LogP contribution is -2.02. The van der Waals surface area contributed by atoms with Crippen molar-refractivity contribution < 1.29 is 0 Å². The zero-order valence-electron chi connectivity index (χ0n) is 36.1. The molecule has 0 radical (unpaired) electrons. The van der Waals surface area contributed by atoms with Gasteiger partial charge in [-0.15, -0.1) is 0 Å². The van der Waals surface area contributed by atoms with E-state index in [1.165, 1.54) is 5.39 Å². The summed E-state index contributed by atoms with van der Waals surface area (Å²) in [5.74, 6) is 3.45. The van der Waals surface area contributed by atoms with Gasteiger partial charge in [-0.2, -0.15) is 0 Å². The van der Waals surface area contributed by atoms with Crippen LogP contribution < -0.4 is 0 Å². The Morgan fingerprint density at radius 2 is 0.597 bits per heavy atom. The summed E-state index contributed by atoms with van der Waals surface area (Å²) in [5.41, 5.74) is 12.7. The van der Waals surface area contributed by atoms with Crippen molar-refractivity contribution in [2.24, 2.45) is 0 Å². The molecule has 0 aliphatic carbocycles. The van der Waals surface area contributed by atoms with Gasteiger partial charge in [0.15, 0.2) is 34.9 Å². The van der Waals surface area contributed by atoms with Crippen molar-refractivity contribution >= 4 is 21.8 Å². The van der Waals surface area contributed by atoms with Crippen LogP contribution in [-0.4, -0.2) is 34.5 Å². The molecule has 0 spiro atoms. The maximum absolute atomic E-state index is 5.29. The highest BCUT2D eigenvalue weighted by Gasteiger charge is 2.21. The van der Waals surface area contributed by atoms with E-state index in [2.05, 4.69) is 144 Å². The fourth-order valence-corrected chi connectivity index (χ4v) is 8.83. The van der Waals surface area contributed by atoms with Gasteiger partial charge in [-0.3, -0.25) is 0 Å². The van der Waals surface area contributed by atoms with Crippen molar-refractivity contribution in [3.63, 3.8) is 0 Å². The van der Waals surface area contributed by atoms with Crippen molar-refractivity contribution in [1.82, 2.24) is 34.5 Å². The lowest BCUT2D eigenvalue weighted by Gasteiger charge is -2.15. The van der Waals surface area contributed by atoms with E-state index in [1.54, 1.807) is 0 Å². The Morgan fingerprint density at radius 3 is 1.15 bits per heavy atom. The first-order chi connectivity index (χ1) is 33.2. The summed E-state index contributed by atoms with van der Waals surface area (Å²) in [6.07, 6.45) is 0. The van der Waals surface area contributed by atoms with E-state index in [1.807, 2.05) is 97.1 Å². The first kappa shape index (κ1) is 39.4. The molecule has 0 unspecified atom stereocenters. The quantitative estimate of drug-likeness (QED) is 0.144. The van der Waals surface area contributed by atoms with Crippen molar-refractivity contribution in [2.75, 3.05) is 0 Å². The van der Waals surface area contributed by atoms with E-state index < -0.39 is 0 Å². The molecule has 0 fully saturated rings. The summed E-state index contributed by atoms with van der Waals surface area (Å²) in [6.45, 7) is 0. The van der Waals surface area contributed by atoms with Crippen molar-refractivity contribution in [1.29, 1.82) is 0 Å². The summed E-state index contributed by atoms with van der Waals surface area (Å²) >= 11 is 0. The Balaban J connectivity index is 1.10. The van der Waals surface area contributed by atoms with Crippen LogP contribution in [0.4, 0.5) is 0 Å². The maximum atomic E-state index is 5.29. The molecular formula is C60H39N7. The Morgan fingerprint density at radius 1 is 0.224 bits per heavy atom. The lowest BCUT2D eigenvalue weighted by atomic mass is 9.95. The predicted octanol–water partition coefficient (Wildman–Crippen LogP) is 14.5. The van der Waals surface area contributed by atoms with Gasteiger partial charge in [0, 0.05) is 49.8 Å². The molecule has 0 aliphatic rings. The minimum atomic E-state index is 0.548. The average Bonchev–Trinajstić information content (AvgIpc) is 3.75. The highest BCUT2D eigenvalue weighted by Crippen LogP contribution is 2.40. The van der Waals surface area contributed by atoms with Gasteiger partial charge >= 0.3 is 0 Å². The molecule has 3 heterocycles. The third kappa shape index (κ3) is 7.60. The Kier molecular flexibility index (Phi) is 10.0. The number of hydrogen-bond acceptors (Lipinski definition) is 6. The molecule has 0 bridgehead atoms. The number of rotatable bonds is 9. The average molecular weight is 858 g/mol. The fourth-order valence-electron chi connectivity index (χ4n) is 8.83. The van der Waals surface area contributed by atoms with Gasteiger partial charge < -0.3 is 4.57 Å². The zero-order chi connectivity index (χ0) is 44.5. The molecule has 0 amide bonds. The van der Waals surface area contributed by atoms with Crippen LogP contribution in [-0.2, 0) is 0 Å². The SMILES string of the molecule is c1ccc(-c2ccc(-c3nc(-c4ccccc4)nc(-c4ccc(-c5nc(-c6ccccc6)nc(-c6ccccc6)n5)cc4-c4ccc5c6ccccc6n(-c6ccccc6)c5c4)n3)cc2)cc1. The molecule has 0 aliphatic heterocycles. The fraction of sp³-hybridized carbons (Fsp3) is 0. The van der Waals surface area contributed by atoms with Gasteiger partial charge in [-0.25, -0.2) is 29.9 Å². The van der Waals surface area contributed by atoms with Crippen LogP contribution >= 0.6 is 0 Å². The molecule has 0 saturated carbocycles. The van der Waals surface area contributed by atoms with Crippen molar-refractivity contribution in [3.8, 4) is 96.3 Å². The van der Waals surface area contributed by atoms with Crippen LogP contribution in [0.5, 0.6) is 0 Å². The van der Waals surface area contributed by atoms with Crippen LogP contribution in [0.25, 0.3) is 118 Å². The van der Waals surface area contributed by atoms with Crippen molar-refractivity contribution in [3.05, 3.63) is 237 Å². The largest absolute Gasteiger partial charge is 0.309 e. The smallest absolute Gasteiger partial charge is 0.164 e. The summed E-state index contributed by atoms with van der Waals surface area (Å²) in [5, 5.41) is 2.34. The van der Waals surface area contributed by atoms with E-state index in [0.717, 1.165) is 77.7 Å². The number of nitrogens with zero attached hydrogens (tertiary/aromatic N) is 7. The Hall–Kier alpha value is -9.20. The van der Waals surface area contributed by atoms with E-state index >= 15 is 0 Å². The van der Waals surface area contributed by atoms with E-state index in [0.29, 0.717) is 34.9 Å². The maximum Gasteiger partial charge on any atom is 0.164 e. The summed E-state index contributed by atoms with van der Waals surface area (Å²) in [6, 6.07) is 81.2. The molecule has 9 aromatic carbocycles. The van der Waals surface area contributed by atoms with Gasteiger partial charge in [-0.05, 0) is 58.7 Å². The zero-order valence-corrected chi connectivity index (χ0v) is 36.1. The topological polar surface area (TPSA) is 82.3 Å². The molecule has 0 atom stereocenters. The first-order valence-corrected chi connectivity index (χ1v) is 22.3. The molecule has 3 aromatic heterocycles. The molecule has 12 rings (SSSR count). The number of hydrogen-bond donors (Lipinski definition) is 0. The number of benzene rings is 9. The third-order valence-electron chi connectivity index (χ3n) is 12.1. The highest BCUT2D eigenvalue weighted by molar-refractivity contribution is 6.10. The van der Waals surface area contributed by atoms with Gasteiger partial charge in [0.25, 0.3) is 0 Å². The summed E-state index contributed by atoms with van der Waals surface area (Å²) in [4.78, 5) is 30.9. The second-order valence-electron chi connectivity index (χ2n) is 16.3. The third-order valence-corrected chi connectivity index (χ3v) is 12.1. The number of aromatic nitrogens is 7. The van der Waals surface area contributed by atoms with Crippen LogP contribution in [0.3, 0.4) is 0 Å². The second-order valence-corrected chi connectivity index (χ2v) is 16.3. The van der Waals surface area contributed by atoms with E-state index in [4.69, 9.17) is 29.9 Å². The van der Waals surface area contributed by atoms with Gasteiger partial charge in [-0.1, -0.05) is 200 Å². The van der Waals surface area contributed by atoms with Crippen LogP contribution in [0.1, 0.15) is 0 Å². The van der Waals surface area contributed by atoms with E-state index in [-0.39, 0.29) is 0 Å². The normalized spacial score (nSPS) is 11.3. The minimum absolute atomic E-state index is 0.548. The number of fused-ring (bicyclic) bond motifs is 3. The number of para-hydroxylation sites is 2. The van der Waals surface area contributed by atoms with Crippen LogP contribution in [0.2, 0.25) is 0 Å². The molecule has 0 saturated heterocycles. The van der Waals surface area contributed by atoms with Gasteiger partial charge in [0.2, 0.25) is 0 Å². The highest BCUT2D eigenvalue weighted by atomic mass is 15.0. The van der Waals surface area contributed by atoms with Crippen LogP contribution in [0.15, 0.2) is 237 Å². The Bertz CT molecular complexity index is 3650. The molecule has 7 nitrogen and oxygen atoms in total. The predicted molar refractivity (Wildman–Crippen MR) is 271 cm³/mol. The lowest BCUT2D eigenvalue weighted by molar-refractivity contribution is 1.07. The van der Waals surface area contributed by atoms with Crippen LogP contribution in [0, 0.1) is 0 Å². The Labute approximate surface area is 387 Å². The van der Waals surface area contributed by atoms with E-state index in [9.17, 15) is 0 Å². The molecular weight excluding hydrogens is 819 g/mol. The standard InChI is InChI=1S/C60H39N7/c1-6-18-40(19-7-1)41-30-32-45(33-31-41)58-62-57(44-24-12-4-13-25-44)65-60(66-58)51-37-35-47(59-63-55(42-20-8-2-9-21-42)61-56(64-59)43-22-10-3-11-23-43)38-52(51)46-34-36-50-49-28-16-17-29-53(49)67(54(50)39-46)48-26-14-5-15-27-48/h1-39H. The second kappa shape index (κ2) is 17.1. The minimum Gasteiger partial charge on any atom is -0.309 e. The molecule has 0 N–H and O–H groups in total. The van der Waals surface area contributed by atoms with Crippen molar-refractivity contribution in [2.45, 2.75) is 0 Å². The monoisotopic (exact) mass is 857 g/mol. The molecule has 67 heavy (non-hydrogen) atoms. The van der Waals surface area contributed by atoms with Gasteiger partial charge in [0.1, 0.15) is 0 Å². The van der Waals surface area contributed by atoms with Gasteiger partial charge in [0.05, 0.1) is 11.0 Å². The molecule has 12 aromatic rings.